The molecule has 3 atom stereocenters. The molecular formula is C43H48N4O7. The van der Waals surface area contributed by atoms with Crippen molar-refractivity contribution in [1.82, 2.24) is 20.1 Å². The topological polar surface area (TPSA) is 148 Å². The van der Waals surface area contributed by atoms with Crippen molar-refractivity contribution < 1.29 is 29.6 Å². The minimum absolute atomic E-state index is 0.0346. The predicted octanol–water partition coefficient (Wildman–Crippen LogP) is 6.46. The summed E-state index contributed by atoms with van der Waals surface area (Å²) in [6.07, 6.45) is 2.01. The number of hydrogen-bond donors (Lipinski definition) is 5. The van der Waals surface area contributed by atoms with Crippen LogP contribution in [0.5, 0.6) is 17.2 Å². The Hall–Kier alpha value is -5.36. The number of rotatable bonds is 16. The van der Waals surface area contributed by atoms with Gasteiger partial charge in [0, 0.05) is 24.5 Å². The van der Waals surface area contributed by atoms with Crippen LogP contribution in [0, 0.1) is 5.92 Å². The molecule has 3 fully saturated rings. The van der Waals surface area contributed by atoms with E-state index in [-0.39, 0.29) is 17.4 Å². The number of ether oxygens (including phenoxy) is 2. The second-order valence-corrected chi connectivity index (χ2v) is 14.3. The van der Waals surface area contributed by atoms with E-state index in [1.807, 2.05) is 78.9 Å². The molecular weight excluding hydrogens is 684 g/mol. The van der Waals surface area contributed by atoms with Crippen LogP contribution in [0.15, 0.2) is 108 Å². The van der Waals surface area contributed by atoms with Gasteiger partial charge in [0.15, 0.2) is 0 Å². The average molecular weight is 733 g/mol. The van der Waals surface area contributed by atoms with Gasteiger partial charge in [0.2, 0.25) is 5.56 Å². The Morgan fingerprint density at radius 3 is 2.41 bits per heavy atom. The van der Waals surface area contributed by atoms with E-state index in [1.54, 1.807) is 17.0 Å². The van der Waals surface area contributed by atoms with Gasteiger partial charge in [-0.1, -0.05) is 60.7 Å². The number of aromatic amines is 1. The number of unbranched alkanes of at least 4 members (excludes halogenated alkanes) is 1. The van der Waals surface area contributed by atoms with Crippen molar-refractivity contribution in [2.24, 2.45) is 5.92 Å². The van der Waals surface area contributed by atoms with Crippen LogP contribution in [0.4, 0.5) is 4.79 Å². The zero-order valence-corrected chi connectivity index (χ0v) is 30.3. The number of piperidine rings is 3. The minimum atomic E-state index is -0.902. The van der Waals surface area contributed by atoms with Crippen LogP contribution in [0.1, 0.15) is 60.1 Å². The number of aliphatic hydroxyl groups excluding tert-OH is 1. The molecule has 0 radical (unpaired) electrons. The van der Waals surface area contributed by atoms with Crippen LogP contribution in [0.2, 0.25) is 0 Å². The van der Waals surface area contributed by atoms with Crippen molar-refractivity contribution in [2.75, 3.05) is 39.3 Å². The number of aliphatic hydroxyl groups is 1. The van der Waals surface area contributed by atoms with Crippen LogP contribution < -0.4 is 20.3 Å². The number of phenols is 1. The highest BCUT2D eigenvalue weighted by Crippen LogP contribution is 2.39. The van der Waals surface area contributed by atoms with E-state index in [9.17, 15) is 24.9 Å². The number of amides is 1. The molecule has 54 heavy (non-hydrogen) atoms. The van der Waals surface area contributed by atoms with Gasteiger partial charge in [-0.25, -0.2) is 4.79 Å². The first kappa shape index (κ1) is 37.0. The fourth-order valence-corrected chi connectivity index (χ4v) is 7.95. The lowest BCUT2D eigenvalue weighted by Crippen LogP contribution is -2.59. The number of pyridine rings is 1. The van der Waals surface area contributed by atoms with Crippen molar-refractivity contribution in [3.63, 3.8) is 0 Å². The fraction of sp³-hybridized carbons (Fsp3) is 0.349. The highest BCUT2D eigenvalue weighted by molar-refractivity contribution is 5.87. The quantitative estimate of drug-likeness (QED) is 0.0722. The Kier molecular flexibility index (Phi) is 11.8. The van der Waals surface area contributed by atoms with Gasteiger partial charge in [-0.05, 0) is 110 Å². The Bertz CT molecular complexity index is 2080. The number of benzene rings is 4. The van der Waals surface area contributed by atoms with Gasteiger partial charge in [0.1, 0.15) is 23.9 Å². The Morgan fingerprint density at radius 1 is 0.889 bits per heavy atom. The number of hydrogen-bond acceptors (Lipinski definition) is 8. The van der Waals surface area contributed by atoms with Crippen LogP contribution >= 0.6 is 0 Å². The first-order chi connectivity index (χ1) is 26.3. The summed E-state index contributed by atoms with van der Waals surface area (Å²) in [5.74, 6) is 1.75. The molecule has 1 unspecified atom stereocenters. The van der Waals surface area contributed by atoms with E-state index in [0.29, 0.717) is 54.4 Å². The Balaban J connectivity index is 0.909. The van der Waals surface area contributed by atoms with Gasteiger partial charge in [-0.3, -0.25) is 9.69 Å². The zero-order valence-electron chi connectivity index (χ0n) is 30.3. The lowest BCUT2D eigenvalue weighted by Gasteiger charge is -2.50. The third-order valence-corrected chi connectivity index (χ3v) is 10.7. The second-order valence-electron chi connectivity index (χ2n) is 14.3. The molecule has 5 aromatic rings. The molecule has 4 heterocycles. The molecule has 4 aromatic carbocycles. The standard InChI is InChI=1S/C43H48N4O7/c48-38-16-14-35(36-15-17-40(50)45-41(36)38)39(49)26-44-20-4-5-23-53-33-12-6-8-29(24-33)28-54-34-13-7-11-32(25-34)42(31-9-2-1-3-10-31)47(43(51)52)37-27-46-21-18-30(37)19-22-46/h1-3,6-17,24-25,30,37,39,42,44,48-49H,4-5,18-23,26-28H2,(H,45,50)(H,51,52)/t37?,39-,42+/m0/s1. The molecule has 1 amide bonds. The first-order valence-electron chi connectivity index (χ1n) is 18.8. The molecule has 11 heteroatoms. The van der Waals surface area contributed by atoms with Crippen LogP contribution in [0.3, 0.4) is 0 Å². The molecule has 5 N–H and O–H groups in total. The Morgan fingerprint density at radius 2 is 1.65 bits per heavy atom. The SMILES string of the molecule is O=C(O)N(C1CN2CCC1CC2)[C@H](c1ccccc1)c1cccc(OCc2cccc(OCCCCNC[C@H](O)c3ccc(O)c4[nH]c(=O)ccc34)c2)c1. The molecule has 0 saturated carbocycles. The van der Waals surface area contributed by atoms with Gasteiger partial charge >= 0.3 is 6.09 Å². The molecule has 282 valence electrons. The molecule has 3 aliphatic rings. The van der Waals surface area contributed by atoms with E-state index in [1.165, 1.54) is 12.1 Å². The van der Waals surface area contributed by atoms with E-state index in [2.05, 4.69) is 15.2 Å². The van der Waals surface area contributed by atoms with Gasteiger partial charge < -0.3 is 40.0 Å². The number of aromatic hydroxyl groups is 1. The second kappa shape index (κ2) is 17.2. The molecule has 0 aliphatic carbocycles. The fourth-order valence-electron chi connectivity index (χ4n) is 7.95. The van der Waals surface area contributed by atoms with Gasteiger partial charge in [0.05, 0.1) is 30.3 Å². The maximum absolute atomic E-state index is 13.0. The first-order valence-corrected chi connectivity index (χ1v) is 18.8. The van der Waals surface area contributed by atoms with Crippen LogP contribution in [0.25, 0.3) is 10.9 Å². The third-order valence-electron chi connectivity index (χ3n) is 10.7. The highest BCUT2D eigenvalue weighted by Gasteiger charge is 2.43. The number of H-pyrrole nitrogens is 1. The maximum Gasteiger partial charge on any atom is 0.408 e. The molecule has 2 bridgehead atoms. The number of nitrogens with one attached hydrogen (secondary N) is 2. The number of nitrogens with zero attached hydrogens (tertiary/aromatic N) is 2. The smallest absolute Gasteiger partial charge is 0.408 e. The van der Waals surface area contributed by atoms with Crippen LogP contribution in [-0.2, 0) is 6.61 Å². The van der Waals surface area contributed by atoms with E-state index < -0.39 is 18.2 Å². The Labute approximate surface area is 314 Å². The summed E-state index contributed by atoms with van der Waals surface area (Å²) >= 11 is 0. The summed E-state index contributed by atoms with van der Waals surface area (Å²) in [6, 6.07) is 31.2. The van der Waals surface area contributed by atoms with E-state index in [0.717, 1.165) is 67.8 Å². The third kappa shape index (κ3) is 8.71. The maximum atomic E-state index is 13.0. The van der Waals surface area contributed by atoms with E-state index in [4.69, 9.17) is 9.47 Å². The molecule has 8 rings (SSSR count). The average Bonchev–Trinajstić information content (AvgIpc) is 3.20. The van der Waals surface area contributed by atoms with Crippen molar-refractivity contribution in [2.45, 2.75) is 50.5 Å². The van der Waals surface area contributed by atoms with Gasteiger partial charge in [0.25, 0.3) is 0 Å². The number of carboxylic acid groups (broad SMARTS) is 1. The number of aromatic nitrogens is 1. The summed E-state index contributed by atoms with van der Waals surface area (Å²) in [5, 5.41) is 35.4. The highest BCUT2D eigenvalue weighted by atomic mass is 16.5. The molecule has 3 aliphatic heterocycles. The van der Waals surface area contributed by atoms with Crippen molar-refractivity contribution in [3.05, 3.63) is 136 Å². The van der Waals surface area contributed by atoms with Crippen molar-refractivity contribution in [1.29, 1.82) is 0 Å². The number of carbonyl (C=O) groups is 1. The van der Waals surface area contributed by atoms with Crippen molar-refractivity contribution in [3.8, 4) is 17.2 Å². The molecule has 1 aromatic heterocycles. The summed E-state index contributed by atoms with van der Waals surface area (Å²) in [4.78, 5) is 31.4. The molecule has 0 spiro atoms. The van der Waals surface area contributed by atoms with E-state index >= 15 is 0 Å². The van der Waals surface area contributed by atoms with Crippen molar-refractivity contribution >= 4 is 17.0 Å². The largest absolute Gasteiger partial charge is 0.506 e. The monoisotopic (exact) mass is 732 g/mol. The lowest BCUT2D eigenvalue weighted by molar-refractivity contribution is -0.000812. The lowest BCUT2D eigenvalue weighted by atomic mass is 9.81. The molecule has 11 nitrogen and oxygen atoms in total. The predicted molar refractivity (Wildman–Crippen MR) is 207 cm³/mol. The van der Waals surface area contributed by atoms with Gasteiger partial charge in [-0.15, -0.1) is 0 Å². The summed E-state index contributed by atoms with van der Waals surface area (Å²) < 4.78 is 12.3. The molecule has 3 saturated heterocycles. The normalized spacial score (nSPS) is 18.9. The zero-order chi connectivity index (χ0) is 37.4. The minimum Gasteiger partial charge on any atom is -0.506 e. The number of fused-ring (bicyclic) bond motifs is 4. The summed E-state index contributed by atoms with van der Waals surface area (Å²) in [6.45, 7) is 4.73. The van der Waals surface area contributed by atoms with Gasteiger partial charge in [-0.2, -0.15) is 0 Å². The summed E-state index contributed by atoms with van der Waals surface area (Å²) in [7, 11) is 0. The van der Waals surface area contributed by atoms with Crippen LogP contribution in [-0.4, -0.2) is 81.6 Å². The summed E-state index contributed by atoms with van der Waals surface area (Å²) in [5.41, 5.74) is 3.41. The number of phenolic OH excluding ortho intramolecular Hbond substituents is 1.